The largest absolute Gasteiger partial charge is 0.465 e. The molecule has 0 saturated carbocycles. The highest BCUT2D eigenvalue weighted by Crippen LogP contribution is 2.40. The zero-order valence-corrected chi connectivity index (χ0v) is 21.5. The molecule has 0 aliphatic carbocycles. The van der Waals surface area contributed by atoms with E-state index in [1.165, 1.54) is 0 Å². The summed E-state index contributed by atoms with van der Waals surface area (Å²) in [5, 5.41) is 6.22. The number of halogens is 1. The Morgan fingerprint density at radius 2 is 1.69 bits per heavy atom. The molecule has 0 radical (unpaired) electrons. The fourth-order valence-corrected chi connectivity index (χ4v) is 4.42. The highest BCUT2D eigenvalue weighted by Gasteiger charge is 2.62. The van der Waals surface area contributed by atoms with E-state index >= 15 is 0 Å². The summed E-state index contributed by atoms with van der Waals surface area (Å²) in [6.07, 6.45) is -4.61. The summed E-state index contributed by atoms with van der Waals surface area (Å²) < 4.78 is 31.7. The Kier molecular flexibility index (Phi) is 11.4. The van der Waals surface area contributed by atoms with Gasteiger partial charge in [0.2, 0.25) is 5.91 Å². The number of hydrogen-bond donors (Lipinski definition) is 1. The topological polar surface area (TPSA) is 202 Å². The van der Waals surface area contributed by atoms with Crippen molar-refractivity contribution in [1.29, 1.82) is 0 Å². The van der Waals surface area contributed by atoms with Crippen molar-refractivity contribution in [3.63, 3.8) is 0 Å². The van der Waals surface area contributed by atoms with Gasteiger partial charge in [-0.25, -0.2) is 4.79 Å². The Hall–Kier alpha value is -2.94. The number of carbonyl (C=O) groups is 5. The van der Waals surface area contributed by atoms with Crippen LogP contribution in [0.5, 0.6) is 0 Å². The summed E-state index contributed by atoms with van der Waals surface area (Å²) in [6, 6.07) is -2.55. The Bertz CT molecular complexity index is 881. The zero-order valence-electron chi connectivity index (χ0n) is 19.9. The van der Waals surface area contributed by atoms with E-state index in [0.717, 1.165) is 41.9 Å². The zero-order chi connectivity index (χ0) is 26.9. The molecule has 1 aliphatic heterocycles. The molecule has 0 unspecified atom stereocenters. The Labute approximate surface area is 208 Å². The van der Waals surface area contributed by atoms with E-state index in [9.17, 15) is 29.5 Å². The van der Waals surface area contributed by atoms with Crippen molar-refractivity contribution in [2.24, 2.45) is 5.11 Å². The minimum Gasteiger partial charge on any atom is -0.465 e. The van der Waals surface area contributed by atoms with Gasteiger partial charge in [-0.15, -0.1) is 0 Å². The van der Waals surface area contributed by atoms with Crippen molar-refractivity contribution in [1.82, 2.24) is 5.32 Å². The molecular weight excluding hydrogens is 540 g/mol. The number of ether oxygens (including phenoxy) is 6. The summed E-state index contributed by atoms with van der Waals surface area (Å²) in [4.78, 5) is 61.6. The van der Waals surface area contributed by atoms with Crippen LogP contribution < -0.4 is 5.32 Å². The van der Waals surface area contributed by atoms with Gasteiger partial charge in [0, 0.05) is 39.7 Å². The number of azide groups is 1. The number of carbonyl (C=O) groups excluding carboxylic acids is 5. The maximum absolute atomic E-state index is 12.8. The first-order chi connectivity index (χ1) is 16.3. The van der Waals surface area contributed by atoms with Gasteiger partial charge in [0.05, 0.1) is 24.0 Å². The number of methoxy groups -OCH3 is 2. The van der Waals surface area contributed by atoms with Gasteiger partial charge in [0.1, 0.15) is 12.7 Å². The summed E-state index contributed by atoms with van der Waals surface area (Å²) in [5.74, 6) is -6.37. The molecule has 1 fully saturated rings. The molecule has 1 heterocycles. The van der Waals surface area contributed by atoms with Crippen molar-refractivity contribution < 1.29 is 52.4 Å². The maximum atomic E-state index is 12.8. The molecule has 1 saturated heterocycles. The number of amides is 1. The molecule has 0 aromatic heterocycles. The van der Waals surface area contributed by atoms with Crippen LogP contribution in [0.25, 0.3) is 10.4 Å². The summed E-state index contributed by atoms with van der Waals surface area (Å²) in [7, 11) is 2.16. The van der Waals surface area contributed by atoms with Crippen LogP contribution in [0, 0.1) is 0 Å². The van der Waals surface area contributed by atoms with Crippen LogP contribution in [-0.4, -0.2) is 91.6 Å². The van der Waals surface area contributed by atoms with Crippen LogP contribution in [0.15, 0.2) is 5.11 Å². The van der Waals surface area contributed by atoms with Crippen LogP contribution in [0.2, 0.25) is 0 Å². The van der Waals surface area contributed by atoms with Crippen LogP contribution in [-0.2, 0) is 52.4 Å². The first-order valence-corrected chi connectivity index (χ1v) is 11.0. The molecule has 0 aromatic carbocycles. The number of nitrogens with zero attached hydrogens (tertiary/aromatic N) is 3. The number of hydrogen-bond acceptors (Lipinski definition) is 12. The van der Waals surface area contributed by atoms with Crippen molar-refractivity contribution in [3.8, 4) is 0 Å². The number of rotatable bonds is 10. The quantitative estimate of drug-likeness (QED) is 0.0948. The predicted octanol–water partition coefficient (Wildman–Crippen LogP) is 0.275. The molecule has 0 spiro atoms. The van der Waals surface area contributed by atoms with E-state index in [1.807, 2.05) is 0 Å². The Balaban J connectivity index is 3.80. The maximum Gasteiger partial charge on any atom is 0.367 e. The van der Waals surface area contributed by atoms with E-state index in [1.54, 1.807) is 0 Å². The highest BCUT2D eigenvalue weighted by molar-refractivity contribution is 9.09. The van der Waals surface area contributed by atoms with E-state index in [2.05, 4.69) is 31.3 Å². The summed E-state index contributed by atoms with van der Waals surface area (Å²) >= 11 is 3.24. The lowest BCUT2D eigenvalue weighted by Gasteiger charge is -2.50. The molecule has 1 rings (SSSR count). The standard InChI is InChI=1S/C19H27BrN4O11/c1-8(25)22-13-14(23-24-21)17(20)19(31-6,18(29)30-5)35-16(13)15(34-11(4)28)12(33-10(3)27)7-32-9(2)26/h12-17H,7H2,1-6H3,(H,22,25)/t12-,13-,14-,15-,16-,17+,19-/m1/s1. The van der Waals surface area contributed by atoms with Crippen molar-refractivity contribution in [2.45, 2.75) is 68.7 Å². The second kappa shape index (κ2) is 13.2. The molecule has 7 atom stereocenters. The van der Waals surface area contributed by atoms with Gasteiger partial charge < -0.3 is 33.7 Å². The minimum absolute atomic E-state index is 0.582. The van der Waals surface area contributed by atoms with E-state index in [4.69, 9.17) is 28.4 Å². The highest BCUT2D eigenvalue weighted by atomic mass is 79.9. The van der Waals surface area contributed by atoms with Crippen molar-refractivity contribution >= 4 is 45.7 Å². The van der Waals surface area contributed by atoms with Crippen LogP contribution >= 0.6 is 15.9 Å². The fourth-order valence-electron chi connectivity index (χ4n) is 3.51. The predicted molar refractivity (Wildman–Crippen MR) is 118 cm³/mol. The van der Waals surface area contributed by atoms with Gasteiger partial charge in [0.15, 0.2) is 12.2 Å². The van der Waals surface area contributed by atoms with Gasteiger partial charge in [-0.2, -0.15) is 0 Å². The second-order valence-electron chi connectivity index (χ2n) is 7.29. The molecule has 0 aromatic rings. The minimum atomic E-state index is -2.27. The van der Waals surface area contributed by atoms with E-state index in [-0.39, 0.29) is 0 Å². The first-order valence-electron chi connectivity index (χ1n) is 10.1. The molecule has 1 N–H and O–H groups in total. The lowest BCUT2D eigenvalue weighted by Crippen LogP contribution is -2.72. The summed E-state index contributed by atoms with van der Waals surface area (Å²) in [6.45, 7) is 3.78. The average molecular weight is 567 g/mol. The summed E-state index contributed by atoms with van der Waals surface area (Å²) in [5.41, 5.74) is 9.19. The first kappa shape index (κ1) is 30.1. The monoisotopic (exact) mass is 566 g/mol. The Morgan fingerprint density at radius 1 is 1.09 bits per heavy atom. The molecule has 35 heavy (non-hydrogen) atoms. The molecule has 15 nitrogen and oxygen atoms in total. The lowest BCUT2D eigenvalue weighted by molar-refractivity contribution is -0.291. The van der Waals surface area contributed by atoms with Crippen LogP contribution in [0.4, 0.5) is 0 Å². The van der Waals surface area contributed by atoms with Crippen molar-refractivity contribution in [3.05, 3.63) is 10.4 Å². The molecule has 1 amide bonds. The third-order valence-corrected chi connectivity index (χ3v) is 5.93. The van der Waals surface area contributed by atoms with Crippen molar-refractivity contribution in [2.75, 3.05) is 20.8 Å². The molecular formula is C19H27BrN4O11. The fraction of sp³-hybridized carbons (Fsp3) is 0.737. The van der Waals surface area contributed by atoms with Crippen LogP contribution in [0.3, 0.4) is 0 Å². The van der Waals surface area contributed by atoms with Crippen LogP contribution in [0.1, 0.15) is 27.7 Å². The Morgan fingerprint density at radius 3 is 2.11 bits per heavy atom. The van der Waals surface area contributed by atoms with Gasteiger partial charge >= 0.3 is 23.9 Å². The SMILES string of the molecule is COC(=O)[C@]1(OC)O[C@@H]([C@H](OC(C)=O)[C@@H](COC(C)=O)OC(C)=O)[C@H](NC(C)=O)[C@@H](N=[N+]=[N-])[C@@H]1Br. The number of nitrogens with one attached hydrogen (secondary N) is 1. The lowest BCUT2D eigenvalue weighted by atomic mass is 9.86. The van der Waals surface area contributed by atoms with Gasteiger partial charge in [-0.1, -0.05) is 21.0 Å². The molecule has 1 aliphatic rings. The smallest absolute Gasteiger partial charge is 0.367 e. The molecule has 0 bridgehead atoms. The van der Waals surface area contributed by atoms with E-state index < -0.39 is 77.4 Å². The number of alkyl halides is 1. The third-order valence-electron chi connectivity index (χ3n) is 4.78. The number of esters is 4. The van der Waals surface area contributed by atoms with Gasteiger partial charge in [0.25, 0.3) is 5.79 Å². The third kappa shape index (κ3) is 7.52. The molecule has 196 valence electrons. The normalized spacial score (nSPS) is 27.3. The second-order valence-corrected chi connectivity index (χ2v) is 8.28. The average Bonchev–Trinajstić information content (AvgIpc) is 2.77. The molecule has 16 heteroatoms. The van der Waals surface area contributed by atoms with E-state index in [0.29, 0.717) is 0 Å². The van der Waals surface area contributed by atoms with Gasteiger partial charge in [-0.05, 0) is 5.53 Å². The van der Waals surface area contributed by atoms with Gasteiger partial charge in [-0.3, -0.25) is 19.2 Å².